The third-order valence-electron chi connectivity index (χ3n) is 4.23. The molecule has 1 atom stereocenters. The molecule has 142 valence electrons. The molecule has 0 aliphatic heterocycles. The zero-order valence-corrected chi connectivity index (χ0v) is 15.6. The summed E-state index contributed by atoms with van der Waals surface area (Å²) in [5.41, 5.74) is 0.101. The fourth-order valence-corrected chi connectivity index (χ4v) is 2.97. The van der Waals surface area contributed by atoms with Gasteiger partial charge in [0.2, 0.25) is 0 Å². The van der Waals surface area contributed by atoms with Crippen LogP contribution < -0.4 is 10.6 Å². The molecule has 0 radical (unpaired) electrons. The molecule has 1 heterocycles. The summed E-state index contributed by atoms with van der Waals surface area (Å²) >= 11 is 5.79. The first-order valence-electron chi connectivity index (χ1n) is 8.85. The molecule has 1 aromatic rings. The average Bonchev–Trinajstić information content (AvgIpc) is 2.88. The van der Waals surface area contributed by atoms with Gasteiger partial charge >= 0.3 is 5.97 Å². The SMILES string of the molecule is C[C@@H](OC(=O)CNC(=O)c1cc(Cl)ccn1)C(=O)NC1CCCCCC1. The molecular formula is C18H24ClN3O4. The van der Waals surface area contributed by atoms with Gasteiger partial charge in [-0.05, 0) is 31.9 Å². The van der Waals surface area contributed by atoms with Gasteiger partial charge in [-0.2, -0.15) is 0 Å². The lowest BCUT2D eigenvalue weighted by atomic mass is 10.1. The van der Waals surface area contributed by atoms with Crippen molar-refractivity contribution in [2.45, 2.75) is 57.6 Å². The first kappa shape index (κ1) is 20.2. The molecule has 0 aromatic carbocycles. The van der Waals surface area contributed by atoms with Crippen molar-refractivity contribution >= 4 is 29.4 Å². The number of nitrogens with one attached hydrogen (secondary N) is 2. The molecule has 2 rings (SSSR count). The van der Waals surface area contributed by atoms with Gasteiger partial charge < -0.3 is 15.4 Å². The van der Waals surface area contributed by atoms with E-state index in [-0.39, 0.29) is 24.2 Å². The van der Waals surface area contributed by atoms with Crippen LogP contribution in [0.4, 0.5) is 0 Å². The fourth-order valence-electron chi connectivity index (χ4n) is 2.81. The number of hydrogen-bond acceptors (Lipinski definition) is 5. The van der Waals surface area contributed by atoms with Gasteiger partial charge in [-0.3, -0.25) is 19.4 Å². The molecule has 2 amide bonds. The van der Waals surface area contributed by atoms with Crippen LogP contribution in [0.2, 0.25) is 5.02 Å². The van der Waals surface area contributed by atoms with Crippen LogP contribution in [0.15, 0.2) is 18.3 Å². The molecule has 0 bridgehead atoms. The average molecular weight is 382 g/mol. The van der Waals surface area contributed by atoms with Crippen LogP contribution in [0.5, 0.6) is 0 Å². The molecule has 0 saturated heterocycles. The molecular weight excluding hydrogens is 358 g/mol. The van der Waals surface area contributed by atoms with Crippen molar-refractivity contribution in [3.05, 3.63) is 29.0 Å². The lowest BCUT2D eigenvalue weighted by molar-refractivity contribution is -0.154. The van der Waals surface area contributed by atoms with E-state index in [0.717, 1.165) is 25.7 Å². The van der Waals surface area contributed by atoms with Crippen LogP contribution in [0, 0.1) is 0 Å². The maximum Gasteiger partial charge on any atom is 0.326 e. The molecule has 2 N–H and O–H groups in total. The zero-order valence-electron chi connectivity index (χ0n) is 14.8. The molecule has 1 aliphatic rings. The summed E-state index contributed by atoms with van der Waals surface area (Å²) in [4.78, 5) is 39.8. The number of aromatic nitrogens is 1. The van der Waals surface area contributed by atoms with E-state index in [2.05, 4.69) is 15.6 Å². The molecule has 0 unspecified atom stereocenters. The molecule has 1 saturated carbocycles. The fraction of sp³-hybridized carbons (Fsp3) is 0.556. The number of nitrogens with zero attached hydrogens (tertiary/aromatic N) is 1. The van der Waals surface area contributed by atoms with Crippen LogP contribution in [-0.4, -0.2) is 41.5 Å². The van der Waals surface area contributed by atoms with Gasteiger partial charge in [-0.1, -0.05) is 37.3 Å². The number of pyridine rings is 1. The predicted molar refractivity (Wildman–Crippen MR) is 96.8 cm³/mol. The summed E-state index contributed by atoms with van der Waals surface area (Å²) in [5, 5.41) is 5.70. The summed E-state index contributed by atoms with van der Waals surface area (Å²) in [6.45, 7) is 1.17. The van der Waals surface area contributed by atoms with Crippen LogP contribution in [0.1, 0.15) is 55.9 Å². The van der Waals surface area contributed by atoms with Crippen molar-refractivity contribution in [1.82, 2.24) is 15.6 Å². The highest BCUT2D eigenvalue weighted by atomic mass is 35.5. The molecule has 7 nitrogen and oxygen atoms in total. The summed E-state index contributed by atoms with van der Waals surface area (Å²) < 4.78 is 5.08. The van der Waals surface area contributed by atoms with Crippen molar-refractivity contribution in [1.29, 1.82) is 0 Å². The van der Waals surface area contributed by atoms with E-state index >= 15 is 0 Å². The van der Waals surface area contributed by atoms with E-state index in [1.807, 2.05) is 0 Å². The Morgan fingerprint density at radius 2 is 1.96 bits per heavy atom. The predicted octanol–water partition coefficient (Wildman–Crippen LogP) is 2.24. The van der Waals surface area contributed by atoms with Gasteiger partial charge in [0.25, 0.3) is 11.8 Å². The van der Waals surface area contributed by atoms with Crippen molar-refractivity contribution < 1.29 is 19.1 Å². The lowest BCUT2D eigenvalue weighted by Gasteiger charge is -2.19. The van der Waals surface area contributed by atoms with E-state index in [1.165, 1.54) is 32.0 Å². The van der Waals surface area contributed by atoms with Gasteiger partial charge in [-0.15, -0.1) is 0 Å². The molecule has 1 aliphatic carbocycles. The summed E-state index contributed by atoms with van der Waals surface area (Å²) in [6, 6.07) is 3.08. The standard InChI is InChI=1S/C18H24ClN3O4/c1-12(17(24)22-14-6-4-2-3-5-7-14)26-16(23)11-21-18(25)15-10-13(19)8-9-20-15/h8-10,12,14H,2-7,11H2,1H3,(H,21,25)(H,22,24)/t12-/m1/s1. The van der Waals surface area contributed by atoms with Gasteiger partial charge in [0.05, 0.1) is 0 Å². The number of hydrogen-bond donors (Lipinski definition) is 2. The summed E-state index contributed by atoms with van der Waals surface area (Å²) in [7, 11) is 0. The minimum Gasteiger partial charge on any atom is -0.451 e. The largest absolute Gasteiger partial charge is 0.451 e. The van der Waals surface area contributed by atoms with Crippen LogP contribution in [0.25, 0.3) is 0 Å². The van der Waals surface area contributed by atoms with Crippen molar-refractivity contribution in [3.63, 3.8) is 0 Å². The Hall–Kier alpha value is -2.15. The van der Waals surface area contributed by atoms with Crippen molar-refractivity contribution in [3.8, 4) is 0 Å². The number of halogens is 1. The summed E-state index contributed by atoms with van der Waals surface area (Å²) in [5.74, 6) is -1.54. The number of carbonyl (C=O) groups is 3. The van der Waals surface area contributed by atoms with E-state index in [0.29, 0.717) is 5.02 Å². The Balaban J connectivity index is 1.73. The first-order chi connectivity index (χ1) is 12.5. The van der Waals surface area contributed by atoms with Gasteiger partial charge in [0.15, 0.2) is 6.10 Å². The Labute approximate surface area is 157 Å². The number of rotatable bonds is 6. The number of carbonyl (C=O) groups excluding carboxylic acids is 3. The third-order valence-corrected chi connectivity index (χ3v) is 4.46. The Morgan fingerprint density at radius 3 is 2.62 bits per heavy atom. The number of amides is 2. The maximum absolute atomic E-state index is 12.2. The quantitative estimate of drug-likeness (QED) is 0.581. The first-order valence-corrected chi connectivity index (χ1v) is 9.23. The second-order valence-electron chi connectivity index (χ2n) is 6.37. The molecule has 0 spiro atoms. The Kier molecular flexibility index (Phi) is 7.84. The minimum absolute atomic E-state index is 0.101. The zero-order chi connectivity index (χ0) is 18.9. The smallest absolute Gasteiger partial charge is 0.326 e. The molecule has 1 fully saturated rings. The van der Waals surface area contributed by atoms with Crippen LogP contribution in [0.3, 0.4) is 0 Å². The third kappa shape index (κ3) is 6.63. The monoisotopic (exact) mass is 381 g/mol. The van der Waals surface area contributed by atoms with E-state index in [9.17, 15) is 14.4 Å². The topological polar surface area (TPSA) is 97.4 Å². The van der Waals surface area contributed by atoms with E-state index in [1.54, 1.807) is 6.07 Å². The Bertz CT molecular complexity index is 645. The van der Waals surface area contributed by atoms with E-state index < -0.39 is 18.0 Å². The Morgan fingerprint density at radius 1 is 1.27 bits per heavy atom. The van der Waals surface area contributed by atoms with Gasteiger partial charge in [0.1, 0.15) is 12.2 Å². The van der Waals surface area contributed by atoms with E-state index in [4.69, 9.17) is 16.3 Å². The highest BCUT2D eigenvalue weighted by molar-refractivity contribution is 6.30. The van der Waals surface area contributed by atoms with Crippen LogP contribution in [-0.2, 0) is 14.3 Å². The number of esters is 1. The number of ether oxygens (including phenoxy) is 1. The van der Waals surface area contributed by atoms with Gasteiger partial charge in [-0.25, -0.2) is 0 Å². The molecule has 26 heavy (non-hydrogen) atoms. The highest BCUT2D eigenvalue weighted by Gasteiger charge is 2.22. The highest BCUT2D eigenvalue weighted by Crippen LogP contribution is 2.17. The van der Waals surface area contributed by atoms with Crippen molar-refractivity contribution in [2.75, 3.05) is 6.54 Å². The molecule has 1 aromatic heterocycles. The van der Waals surface area contributed by atoms with Gasteiger partial charge in [0, 0.05) is 17.3 Å². The minimum atomic E-state index is -0.910. The lowest BCUT2D eigenvalue weighted by Crippen LogP contribution is -2.43. The van der Waals surface area contributed by atoms with Crippen LogP contribution >= 0.6 is 11.6 Å². The second kappa shape index (κ2) is 10.1. The second-order valence-corrected chi connectivity index (χ2v) is 6.81. The summed E-state index contributed by atoms with van der Waals surface area (Å²) in [6.07, 6.45) is 6.98. The normalized spacial score (nSPS) is 16.2. The van der Waals surface area contributed by atoms with Crippen molar-refractivity contribution in [2.24, 2.45) is 0 Å². The molecule has 8 heteroatoms. The maximum atomic E-state index is 12.2.